The number of hydrogen-bond donors (Lipinski definition) is 0. The molecule has 0 saturated carbocycles. The average Bonchev–Trinajstić information content (AvgIpc) is 2.32. The van der Waals surface area contributed by atoms with Crippen LogP contribution in [0, 0.1) is 20.8 Å². The summed E-state index contributed by atoms with van der Waals surface area (Å²) in [6, 6.07) is 3.99. The summed E-state index contributed by atoms with van der Waals surface area (Å²) in [5.41, 5.74) is 4.11. The zero-order chi connectivity index (χ0) is 14.4. The molecule has 0 aromatic heterocycles. The molecular formula is C16H24O3. The molecule has 0 amide bonds. The van der Waals surface area contributed by atoms with Gasteiger partial charge in [0.25, 0.3) is 0 Å². The Labute approximate surface area is 115 Å². The number of carbonyl (C=O) groups excluding carboxylic acids is 1. The van der Waals surface area contributed by atoms with Gasteiger partial charge in [-0.15, -0.1) is 0 Å². The summed E-state index contributed by atoms with van der Waals surface area (Å²) in [4.78, 5) is 12.1. The Kier molecular flexibility index (Phi) is 6.19. The summed E-state index contributed by atoms with van der Waals surface area (Å²) >= 11 is 0. The molecule has 0 N–H and O–H groups in total. The second kappa shape index (κ2) is 7.41. The molecule has 0 fully saturated rings. The molecule has 0 aliphatic rings. The Bertz CT molecular complexity index is 436. The minimum absolute atomic E-state index is 0.0325. The van der Waals surface area contributed by atoms with E-state index < -0.39 is 0 Å². The third kappa shape index (κ3) is 5.13. The van der Waals surface area contributed by atoms with E-state index in [1.165, 1.54) is 5.56 Å². The Morgan fingerprint density at radius 2 is 1.68 bits per heavy atom. The van der Waals surface area contributed by atoms with Crippen LogP contribution in [0.25, 0.3) is 0 Å². The molecule has 3 nitrogen and oxygen atoms in total. The number of ketones is 1. The second-order valence-corrected chi connectivity index (χ2v) is 5.15. The lowest BCUT2D eigenvalue weighted by atomic mass is 9.98. The van der Waals surface area contributed by atoms with E-state index in [-0.39, 0.29) is 18.5 Å². The van der Waals surface area contributed by atoms with Gasteiger partial charge in [0.05, 0.1) is 19.3 Å². The van der Waals surface area contributed by atoms with Crippen molar-refractivity contribution in [1.29, 1.82) is 0 Å². The summed E-state index contributed by atoms with van der Waals surface area (Å²) in [6.07, 6.45) is 0.196. The molecule has 106 valence electrons. The van der Waals surface area contributed by atoms with Crippen molar-refractivity contribution in [2.24, 2.45) is 0 Å². The van der Waals surface area contributed by atoms with Crippen LogP contribution in [0.5, 0.6) is 0 Å². The van der Waals surface area contributed by atoms with Gasteiger partial charge in [-0.3, -0.25) is 4.79 Å². The van der Waals surface area contributed by atoms with Crippen molar-refractivity contribution in [3.63, 3.8) is 0 Å². The van der Waals surface area contributed by atoms with Crippen molar-refractivity contribution >= 4 is 5.78 Å². The Morgan fingerprint density at radius 3 is 2.32 bits per heavy atom. The lowest BCUT2D eigenvalue weighted by Crippen LogP contribution is -2.15. The Morgan fingerprint density at radius 1 is 1.05 bits per heavy atom. The van der Waals surface area contributed by atoms with Crippen molar-refractivity contribution in [3.8, 4) is 0 Å². The third-order valence-electron chi connectivity index (χ3n) is 3.05. The number of rotatable bonds is 7. The maximum atomic E-state index is 12.1. The van der Waals surface area contributed by atoms with Gasteiger partial charge in [-0.05, 0) is 57.4 Å². The van der Waals surface area contributed by atoms with Gasteiger partial charge in [-0.25, -0.2) is 0 Å². The van der Waals surface area contributed by atoms with Crippen molar-refractivity contribution in [2.75, 3.05) is 19.8 Å². The molecule has 3 heteroatoms. The van der Waals surface area contributed by atoms with Crippen molar-refractivity contribution in [2.45, 2.75) is 40.7 Å². The van der Waals surface area contributed by atoms with E-state index in [4.69, 9.17) is 9.47 Å². The van der Waals surface area contributed by atoms with E-state index in [9.17, 15) is 4.79 Å². The van der Waals surface area contributed by atoms with Crippen LogP contribution in [0.15, 0.2) is 12.1 Å². The standard InChI is InChI=1S/C16H24O3/c1-11(2)19-7-6-18-10-16(17)15-9-13(4)12(3)8-14(15)5/h8-9,11H,6-7,10H2,1-5H3. The molecule has 0 unspecified atom stereocenters. The minimum Gasteiger partial charge on any atom is -0.376 e. The predicted molar refractivity (Wildman–Crippen MR) is 76.9 cm³/mol. The monoisotopic (exact) mass is 264 g/mol. The highest BCUT2D eigenvalue weighted by Crippen LogP contribution is 2.15. The van der Waals surface area contributed by atoms with Gasteiger partial charge in [0.1, 0.15) is 6.61 Å². The maximum absolute atomic E-state index is 12.1. The number of Topliss-reactive ketones (excluding diaryl/α,β-unsaturated/α-hetero) is 1. The largest absolute Gasteiger partial charge is 0.376 e. The molecule has 0 heterocycles. The Balaban J connectivity index is 2.48. The third-order valence-corrected chi connectivity index (χ3v) is 3.05. The van der Waals surface area contributed by atoms with Gasteiger partial charge >= 0.3 is 0 Å². The molecule has 0 bridgehead atoms. The lowest BCUT2D eigenvalue weighted by Gasteiger charge is -2.10. The van der Waals surface area contributed by atoms with Crippen LogP contribution in [0.2, 0.25) is 0 Å². The fourth-order valence-corrected chi connectivity index (χ4v) is 1.85. The van der Waals surface area contributed by atoms with Crippen LogP contribution in [0.4, 0.5) is 0 Å². The fourth-order valence-electron chi connectivity index (χ4n) is 1.85. The number of benzene rings is 1. The molecule has 0 aliphatic heterocycles. The molecule has 0 atom stereocenters. The normalized spacial score (nSPS) is 11.1. The van der Waals surface area contributed by atoms with Crippen LogP contribution < -0.4 is 0 Å². The highest BCUT2D eigenvalue weighted by Gasteiger charge is 2.10. The van der Waals surface area contributed by atoms with E-state index >= 15 is 0 Å². The first-order valence-corrected chi connectivity index (χ1v) is 6.72. The first kappa shape index (κ1) is 15.9. The summed E-state index contributed by atoms with van der Waals surface area (Å²) in [6.45, 7) is 11.1. The van der Waals surface area contributed by atoms with Crippen LogP contribution in [-0.2, 0) is 9.47 Å². The summed E-state index contributed by atoms with van der Waals surface area (Å²) in [5.74, 6) is 0.0325. The summed E-state index contributed by atoms with van der Waals surface area (Å²) in [7, 11) is 0. The maximum Gasteiger partial charge on any atom is 0.188 e. The molecule has 0 spiro atoms. The van der Waals surface area contributed by atoms with Gasteiger partial charge in [0.15, 0.2) is 5.78 Å². The quantitative estimate of drug-likeness (QED) is 0.560. The van der Waals surface area contributed by atoms with E-state index in [0.29, 0.717) is 13.2 Å². The Hall–Kier alpha value is -1.19. The van der Waals surface area contributed by atoms with E-state index in [1.54, 1.807) is 0 Å². The van der Waals surface area contributed by atoms with Gasteiger partial charge < -0.3 is 9.47 Å². The molecule has 1 aromatic carbocycles. The van der Waals surface area contributed by atoms with E-state index in [0.717, 1.165) is 16.7 Å². The van der Waals surface area contributed by atoms with Crippen LogP contribution in [0.3, 0.4) is 0 Å². The zero-order valence-corrected chi connectivity index (χ0v) is 12.6. The van der Waals surface area contributed by atoms with Gasteiger partial charge in [-0.1, -0.05) is 6.07 Å². The fraction of sp³-hybridized carbons (Fsp3) is 0.562. The number of ether oxygens (including phenoxy) is 2. The second-order valence-electron chi connectivity index (χ2n) is 5.15. The number of carbonyl (C=O) groups is 1. The summed E-state index contributed by atoms with van der Waals surface area (Å²) < 4.78 is 10.7. The SMILES string of the molecule is Cc1cc(C)c(C(=O)COCCOC(C)C)cc1C. The van der Waals surface area contributed by atoms with Gasteiger partial charge in [0.2, 0.25) is 0 Å². The number of aryl methyl sites for hydroxylation is 3. The van der Waals surface area contributed by atoms with Crippen molar-refractivity contribution < 1.29 is 14.3 Å². The topological polar surface area (TPSA) is 35.5 Å². The molecular weight excluding hydrogens is 240 g/mol. The summed E-state index contributed by atoms with van der Waals surface area (Å²) in [5, 5.41) is 0. The van der Waals surface area contributed by atoms with Gasteiger partial charge in [-0.2, -0.15) is 0 Å². The van der Waals surface area contributed by atoms with Crippen LogP contribution in [0.1, 0.15) is 40.9 Å². The molecule has 1 rings (SSSR count). The molecule has 0 aliphatic carbocycles. The highest BCUT2D eigenvalue weighted by molar-refractivity contribution is 5.98. The van der Waals surface area contributed by atoms with E-state index in [1.807, 2.05) is 39.8 Å². The van der Waals surface area contributed by atoms with Gasteiger partial charge in [0, 0.05) is 5.56 Å². The highest BCUT2D eigenvalue weighted by atomic mass is 16.5. The first-order valence-electron chi connectivity index (χ1n) is 6.72. The number of hydrogen-bond acceptors (Lipinski definition) is 3. The minimum atomic E-state index is 0.0325. The lowest BCUT2D eigenvalue weighted by molar-refractivity contribution is 0.0208. The molecule has 19 heavy (non-hydrogen) atoms. The van der Waals surface area contributed by atoms with E-state index in [2.05, 4.69) is 6.92 Å². The molecule has 0 radical (unpaired) electrons. The average molecular weight is 264 g/mol. The molecule has 0 saturated heterocycles. The van der Waals surface area contributed by atoms with Crippen molar-refractivity contribution in [3.05, 3.63) is 34.4 Å². The first-order chi connectivity index (χ1) is 8.91. The van der Waals surface area contributed by atoms with Crippen LogP contribution >= 0.6 is 0 Å². The predicted octanol–water partition coefficient (Wildman–Crippen LogP) is 3.24. The molecule has 1 aromatic rings. The van der Waals surface area contributed by atoms with Crippen LogP contribution in [-0.4, -0.2) is 31.7 Å². The van der Waals surface area contributed by atoms with Crippen molar-refractivity contribution in [1.82, 2.24) is 0 Å². The smallest absolute Gasteiger partial charge is 0.188 e. The zero-order valence-electron chi connectivity index (χ0n) is 12.6.